The third kappa shape index (κ3) is 3.60. The van der Waals surface area contributed by atoms with Crippen LogP contribution in [0, 0.1) is 0 Å². The van der Waals surface area contributed by atoms with Crippen LogP contribution in [0.1, 0.15) is 0 Å². The number of benzene rings is 5. The van der Waals surface area contributed by atoms with Gasteiger partial charge >= 0.3 is 0 Å². The van der Waals surface area contributed by atoms with Gasteiger partial charge in [-0.15, -0.1) is 0 Å². The van der Waals surface area contributed by atoms with Crippen LogP contribution in [0.2, 0.25) is 0 Å². The van der Waals surface area contributed by atoms with Crippen molar-refractivity contribution in [2.75, 3.05) is 0 Å². The Labute approximate surface area is 209 Å². The van der Waals surface area contributed by atoms with E-state index >= 15 is 0 Å². The van der Waals surface area contributed by atoms with Crippen molar-refractivity contribution in [2.24, 2.45) is 0 Å². The second-order valence-corrected chi connectivity index (χ2v) is 9.13. The normalized spacial score (nSPS) is 11.3. The molecule has 2 heteroatoms. The van der Waals surface area contributed by atoms with Crippen LogP contribution in [0.3, 0.4) is 0 Å². The molecular weight excluding hydrogens is 436 g/mol. The van der Waals surface area contributed by atoms with E-state index in [0.717, 1.165) is 33.1 Å². The first kappa shape index (κ1) is 20.5. The Balaban J connectivity index is 1.24. The van der Waals surface area contributed by atoms with E-state index in [9.17, 15) is 0 Å². The van der Waals surface area contributed by atoms with Gasteiger partial charge in [0.2, 0.25) is 0 Å². The summed E-state index contributed by atoms with van der Waals surface area (Å²) in [5.41, 5.74) is 8.87. The van der Waals surface area contributed by atoms with Gasteiger partial charge in [-0.05, 0) is 57.3 Å². The molecule has 0 aliphatic heterocycles. The van der Waals surface area contributed by atoms with Crippen molar-refractivity contribution in [1.29, 1.82) is 0 Å². The molecule has 0 unspecified atom stereocenters. The van der Waals surface area contributed by atoms with E-state index in [-0.39, 0.29) is 0 Å². The lowest BCUT2D eigenvalue weighted by Crippen LogP contribution is -1.89. The van der Waals surface area contributed by atoms with E-state index < -0.39 is 0 Å². The summed E-state index contributed by atoms with van der Waals surface area (Å²) in [6.45, 7) is 0. The summed E-state index contributed by atoms with van der Waals surface area (Å²) >= 11 is 0. The van der Waals surface area contributed by atoms with Crippen LogP contribution in [0.25, 0.3) is 66.1 Å². The van der Waals surface area contributed by atoms with Crippen LogP contribution in [-0.2, 0) is 0 Å². The second-order valence-electron chi connectivity index (χ2n) is 9.13. The zero-order valence-corrected chi connectivity index (χ0v) is 19.6. The van der Waals surface area contributed by atoms with Crippen LogP contribution in [0.5, 0.6) is 0 Å². The van der Waals surface area contributed by atoms with Crippen molar-refractivity contribution in [3.63, 3.8) is 0 Å². The first-order valence-corrected chi connectivity index (χ1v) is 12.2. The van der Waals surface area contributed by atoms with Crippen molar-refractivity contribution < 1.29 is 0 Å². The summed E-state index contributed by atoms with van der Waals surface area (Å²) in [4.78, 5) is 9.61. The van der Waals surface area contributed by atoms with Gasteiger partial charge in [0, 0.05) is 22.5 Å². The predicted molar refractivity (Wildman–Crippen MR) is 151 cm³/mol. The van der Waals surface area contributed by atoms with E-state index in [0.29, 0.717) is 0 Å². The Hall–Kier alpha value is -4.82. The number of nitrogens with zero attached hydrogens (tertiary/aromatic N) is 2. The number of rotatable bonds is 3. The molecule has 0 bridgehead atoms. The molecule has 2 nitrogen and oxygen atoms in total. The molecule has 168 valence electrons. The molecule has 7 aromatic rings. The fourth-order valence-electron chi connectivity index (χ4n) is 4.95. The highest BCUT2D eigenvalue weighted by Crippen LogP contribution is 2.31. The molecule has 0 saturated heterocycles. The Bertz CT molecular complexity index is 1870. The molecule has 0 saturated carbocycles. The van der Waals surface area contributed by atoms with Crippen molar-refractivity contribution in [1.82, 2.24) is 9.97 Å². The molecule has 0 aliphatic carbocycles. The first-order valence-electron chi connectivity index (χ1n) is 12.2. The highest BCUT2D eigenvalue weighted by atomic mass is 14.7. The standard InChI is InChI=1S/C34H22N2/c1-2-5-23(6-3-1)24-8-10-25(11-9-24)28-14-15-30-22-31(17-16-29(30)21-28)32-19-18-27-13-12-26-7-4-20-35-33(26)34(27)36-32/h1-22H. The Morgan fingerprint density at radius 2 is 0.917 bits per heavy atom. The van der Waals surface area contributed by atoms with Crippen LogP contribution in [-0.4, -0.2) is 9.97 Å². The molecule has 36 heavy (non-hydrogen) atoms. The maximum atomic E-state index is 5.02. The average molecular weight is 459 g/mol. The first-order chi connectivity index (χ1) is 17.8. The van der Waals surface area contributed by atoms with E-state index in [1.807, 2.05) is 18.3 Å². The molecular formula is C34H22N2. The van der Waals surface area contributed by atoms with Crippen LogP contribution in [0.4, 0.5) is 0 Å². The molecule has 0 amide bonds. The average Bonchev–Trinajstić information content (AvgIpc) is 2.97. The Kier molecular flexibility index (Phi) is 4.82. The highest BCUT2D eigenvalue weighted by Gasteiger charge is 2.08. The van der Waals surface area contributed by atoms with E-state index in [4.69, 9.17) is 4.98 Å². The lowest BCUT2D eigenvalue weighted by atomic mass is 9.97. The number of aromatic nitrogens is 2. The molecule has 0 N–H and O–H groups in total. The molecule has 0 atom stereocenters. The summed E-state index contributed by atoms with van der Waals surface area (Å²) in [5.74, 6) is 0. The van der Waals surface area contributed by atoms with Crippen molar-refractivity contribution in [3.05, 3.63) is 134 Å². The molecule has 0 spiro atoms. The largest absolute Gasteiger partial charge is 0.254 e. The van der Waals surface area contributed by atoms with E-state index in [1.54, 1.807) is 0 Å². The van der Waals surface area contributed by atoms with Crippen LogP contribution in [0.15, 0.2) is 134 Å². The molecule has 5 aromatic carbocycles. The number of hydrogen-bond acceptors (Lipinski definition) is 2. The summed E-state index contributed by atoms with van der Waals surface area (Å²) in [6, 6.07) is 45.1. The van der Waals surface area contributed by atoms with Crippen molar-refractivity contribution in [2.45, 2.75) is 0 Å². The maximum absolute atomic E-state index is 5.02. The summed E-state index contributed by atoms with van der Waals surface area (Å²) in [6.07, 6.45) is 1.83. The molecule has 7 rings (SSSR count). The van der Waals surface area contributed by atoms with Crippen molar-refractivity contribution >= 4 is 32.6 Å². The van der Waals surface area contributed by atoms with Gasteiger partial charge in [-0.2, -0.15) is 0 Å². The highest BCUT2D eigenvalue weighted by molar-refractivity contribution is 6.03. The van der Waals surface area contributed by atoms with E-state index in [1.165, 1.54) is 33.0 Å². The molecule has 0 fully saturated rings. The smallest absolute Gasteiger partial charge is 0.0972 e. The maximum Gasteiger partial charge on any atom is 0.0972 e. The third-order valence-electron chi connectivity index (χ3n) is 6.89. The van der Waals surface area contributed by atoms with Crippen molar-refractivity contribution in [3.8, 4) is 33.5 Å². The lowest BCUT2D eigenvalue weighted by molar-refractivity contribution is 1.37. The topological polar surface area (TPSA) is 25.8 Å². The summed E-state index contributed by atoms with van der Waals surface area (Å²) in [5, 5.41) is 4.64. The monoisotopic (exact) mass is 458 g/mol. The molecule has 2 heterocycles. The molecule has 2 aromatic heterocycles. The number of hydrogen-bond donors (Lipinski definition) is 0. The van der Waals surface area contributed by atoms with Gasteiger partial charge in [0.15, 0.2) is 0 Å². The molecule has 0 radical (unpaired) electrons. The number of fused-ring (bicyclic) bond motifs is 4. The number of pyridine rings is 2. The van der Waals surface area contributed by atoms with Crippen LogP contribution >= 0.6 is 0 Å². The van der Waals surface area contributed by atoms with Gasteiger partial charge in [0.25, 0.3) is 0 Å². The molecule has 0 aliphatic rings. The van der Waals surface area contributed by atoms with Gasteiger partial charge in [-0.1, -0.05) is 103 Å². The quantitative estimate of drug-likeness (QED) is 0.247. The second kappa shape index (κ2) is 8.44. The minimum atomic E-state index is 0.944. The zero-order valence-electron chi connectivity index (χ0n) is 19.6. The summed E-state index contributed by atoms with van der Waals surface area (Å²) in [7, 11) is 0. The van der Waals surface area contributed by atoms with Gasteiger partial charge in [0.1, 0.15) is 0 Å². The van der Waals surface area contributed by atoms with Gasteiger partial charge in [-0.25, -0.2) is 4.98 Å². The van der Waals surface area contributed by atoms with Gasteiger partial charge < -0.3 is 0 Å². The third-order valence-corrected chi connectivity index (χ3v) is 6.89. The SMILES string of the molecule is c1ccc(-c2ccc(-c3ccc4cc(-c5ccc6ccc7cccnc7c6n5)ccc4c3)cc2)cc1. The minimum Gasteiger partial charge on any atom is -0.254 e. The van der Waals surface area contributed by atoms with Crippen LogP contribution < -0.4 is 0 Å². The van der Waals surface area contributed by atoms with E-state index in [2.05, 4.69) is 120 Å². The predicted octanol–water partition coefficient (Wildman–Crippen LogP) is 8.94. The fourth-order valence-corrected chi connectivity index (χ4v) is 4.95. The lowest BCUT2D eigenvalue weighted by Gasteiger charge is -2.09. The minimum absolute atomic E-state index is 0.944. The Morgan fingerprint density at radius 3 is 1.69 bits per heavy atom. The van der Waals surface area contributed by atoms with Gasteiger partial charge in [0.05, 0.1) is 16.7 Å². The Morgan fingerprint density at radius 1 is 0.361 bits per heavy atom. The summed E-state index contributed by atoms with van der Waals surface area (Å²) < 4.78 is 0. The fraction of sp³-hybridized carbons (Fsp3) is 0. The zero-order chi connectivity index (χ0) is 23.9. The van der Waals surface area contributed by atoms with Gasteiger partial charge in [-0.3, -0.25) is 4.98 Å².